The molecule has 0 bridgehead atoms. The first-order valence-electron chi connectivity index (χ1n) is 8.88. The van der Waals surface area contributed by atoms with E-state index in [1.54, 1.807) is 4.68 Å². The number of rotatable bonds is 6. The van der Waals surface area contributed by atoms with Crippen LogP contribution in [-0.4, -0.2) is 76.5 Å². The molecule has 2 aliphatic rings. The third-order valence-corrected chi connectivity index (χ3v) is 5.27. The second-order valence-electron chi connectivity index (χ2n) is 7.27. The van der Waals surface area contributed by atoms with Crippen LogP contribution in [0.5, 0.6) is 0 Å². The maximum atomic E-state index is 12.4. The average Bonchev–Trinajstić information content (AvgIpc) is 2.96. The Balaban J connectivity index is 1.51. The first-order valence-corrected chi connectivity index (χ1v) is 8.88. The lowest BCUT2D eigenvalue weighted by Gasteiger charge is -2.38. The van der Waals surface area contributed by atoms with Crippen molar-refractivity contribution in [2.45, 2.75) is 31.4 Å². The molecule has 7 nitrogen and oxygen atoms in total. The van der Waals surface area contributed by atoms with Crippen LogP contribution in [0.25, 0.3) is 0 Å². The summed E-state index contributed by atoms with van der Waals surface area (Å²) in [5, 5.41) is 17.0. The minimum atomic E-state index is -0.226. The van der Waals surface area contributed by atoms with E-state index in [4.69, 9.17) is 0 Å². The highest BCUT2D eigenvalue weighted by Gasteiger charge is 2.36. The minimum absolute atomic E-state index is 0.0397. The molecule has 3 rings (SSSR count). The fraction of sp³-hybridized carbons (Fsp3) is 0.765. The van der Waals surface area contributed by atoms with Gasteiger partial charge in [0.1, 0.15) is 0 Å². The molecule has 1 aromatic heterocycles. The zero-order valence-electron chi connectivity index (χ0n) is 14.7. The number of aromatic nitrogens is 2. The zero-order valence-corrected chi connectivity index (χ0v) is 14.7. The molecule has 1 saturated carbocycles. The van der Waals surface area contributed by atoms with E-state index in [-0.39, 0.29) is 18.1 Å². The molecule has 0 radical (unpaired) electrons. The molecule has 1 aromatic rings. The molecule has 134 valence electrons. The Kier molecular flexibility index (Phi) is 5.53. The zero-order chi connectivity index (χ0) is 17.1. The van der Waals surface area contributed by atoms with Crippen molar-refractivity contribution >= 4 is 5.91 Å². The molecule has 2 fully saturated rings. The Morgan fingerprint density at radius 3 is 2.62 bits per heavy atom. The van der Waals surface area contributed by atoms with Gasteiger partial charge >= 0.3 is 0 Å². The van der Waals surface area contributed by atoms with Gasteiger partial charge in [0.05, 0.1) is 18.3 Å². The maximum Gasteiger partial charge on any atom is 0.221 e. The van der Waals surface area contributed by atoms with Crippen LogP contribution < -0.4 is 5.32 Å². The second-order valence-corrected chi connectivity index (χ2v) is 7.27. The minimum Gasteiger partial charge on any atom is -0.393 e. The lowest BCUT2D eigenvalue weighted by Crippen LogP contribution is -2.46. The van der Waals surface area contributed by atoms with Crippen molar-refractivity contribution < 1.29 is 9.90 Å². The van der Waals surface area contributed by atoms with Gasteiger partial charge in [-0.1, -0.05) is 0 Å². The summed E-state index contributed by atoms with van der Waals surface area (Å²) in [6, 6.07) is -0.0397. The SMILES string of the molecule is CN1CCN(CCC(=O)N[C@H](c2cnn(C)c2)C2CC(O)C2)CC1. The van der Waals surface area contributed by atoms with Gasteiger partial charge in [0, 0.05) is 58.0 Å². The normalized spacial score (nSPS) is 26.8. The number of aliphatic hydroxyl groups excluding tert-OH is 1. The molecule has 1 atom stereocenters. The van der Waals surface area contributed by atoms with Gasteiger partial charge in [-0.25, -0.2) is 0 Å². The van der Waals surface area contributed by atoms with E-state index in [1.807, 2.05) is 19.4 Å². The van der Waals surface area contributed by atoms with Crippen molar-refractivity contribution in [3.05, 3.63) is 18.0 Å². The number of carbonyl (C=O) groups is 1. The van der Waals surface area contributed by atoms with Crippen molar-refractivity contribution in [1.29, 1.82) is 0 Å². The van der Waals surface area contributed by atoms with Crippen LogP contribution in [0.2, 0.25) is 0 Å². The number of nitrogens with zero attached hydrogens (tertiary/aromatic N) is 4. The van der Waals surface area contributed by atoms with Crippen LogP contribution >= 0.6 is 0 Å². The number of nitrogens with one attached hydrogen (secondary N) is 1. The Labute approximate surface area is 143 Å². The summed E-state index contributed by atoms with van der Waals surface area (Å²) in [4.78, 5) is 17.1. The Morgan fingerprint density at radius 2 is 2.04 bits per heavy atom. The van der Waals surface area contributed by atoms with E-state index in [2.05, 4.69) is 27.3 Å². The largest absolute Gasteiger partial charge is 0.393 e. The van der Waals surface area contributed by atoms with E-state index < -0.39 is 0 Å². The smallest absolute Gasteiger partial charge is 0.221 e. The highest BCUT2D eigenvalue weighted by Crippen LogP contribution is 2.37. The Hall–Kier alpha value is -1.44. The van der Waals surface area contributed by atoms with Crippen LogP contribution in [0.3, 0.4) is 0 Å². The van der Waals surface area contributed by atoms with Crippen LogP contribution in [0, 0.1) is 5.92 Å². The molecular formula is C17H29N5O2. The van der Waals surface area contributed by atoms with E-state index in [9.17, 15) is 9.90 Å². The maximum absolute atomic E-state index is 12.4. The summed E-state index contributed by atoms with van der Waals surface area (Å²) < 4.78 is 1.76. The predicted octanol–water partition coefficient (Wildman–Crippen LogP) is -0.0142. The topological polar surface area (TPSA) is 73.6 Å². The van der Waals surface area contributed by atoms with Gasteiger partial charge < -0.3 is 20.2 Å². The van der Waals surface area contributed by atoms with Crippen molar-refractivity contribution in [1.82, 2.24) is 24.9 Å². The highest BCUT2D eigenvalue weighted by molar-refractivity contribution is 5.76. The fourth-order valence-electron chi connectivity index (χ4n) is 3.55. The summed E-state index contributed by atoms with van der Waals surface area (Å²) in [6.07, 6.45) is 5.56. The lowest BCUT2D eigenvalue weighted by molar-refractivity contribution is -0.123. The third kappa shape index (κ3) is 4.34. The molecule has 1 aliphatic carbocycles. The first kappa shape index (κ1) is 17.4. The lowest BCUT2D eigenvalue weighted by atomic mass is 9.75. The van der Waals surface area contributed by atoms with Crippen molar-refractivity contribution in [2.75, 3.05) is 39.8 Å². The predicted molar refractivity (Wildman–Crippen MR) is 91.4 cm³/mol. The van der Waals surface area contributed by atoms with Crippen LogP contribution in [0.15, 0.2) is 12.4 Å². The van der Waals surface area contributed by atoms with Crippen LogP contribution in [-0.2, 0) is 11.8 Å². The summed E-state index contributed by atoms with van der Waals surface area (Å²) >= 11 is 0. The highest BCUT2D eigenvalue weighted by atomic mass is 16.3. The van der Waals surface area contributed by atoms with Crippen molar-refractivity contribution in [3.8, 4) is 0 Å². The molecule has 24 heavy (non-hydrogen) atoms. The number of amides is 1. The van der Waals surface area contributed by atoms with Gasteiger partial charge in [0.2, 0.25) is 5.91 Å². The molecular weight excluding hydrogens is 306 g/mol. The standard InChI is InChI=1S/C17H29N5O2/c1-20-5-7-22(8-6-20)4-3-16(24)19-17(13-9-15(23)10-13)14-11-18-21(2)12-14/h11-13,15,17,23H,3-10H2,1-2H3,(H,19,24)/t13?,15?,17-/m0/s1. The molecule has 0 spiro atoms. The molecule has 1 amide bonds. The third-order valence-electron chi connectivity index (χ3n) is 5.27. The molecule has 1 aliphatic heterocycles. The monoisotopic (exact) mass is 335 g/mol. The summed E-state index contributed by atoms with van der Waals surface area (Å²) in [5.41, 5.74) is 1.03. The second kappa shape index (κ2) is 7.63. The fourth-order valence-corrected chi connectivity index (χ4v) is 3.55. The Bertz CT molecular complexity index is 547. The number of aliphatic hydroxyl groups is 1. The number of carbonyl (C=O) groups excluding carboxylic acids is 1. The molecule has 0 unspecified atom stereocenters. The van der Waals surface area contributed by atoms with Gasteiger partial charge in [-0.3, -0.25) is 9.48 Å². The van der Waals surface area contributed by atoms with Crippen LogP contribution in [0.4, 0.5) is 0 Å². The van der Waals surface area contributed by atoms with Crippen molar-refractivity contribution in [3.63, 3.8) is 0 Å². The molecule has 7 heteroatoms. The van der Waals surface area contributed by atoms with Crippen LogP contribution in [0.1, 0.15) is 30.9 Å². The first-order chi connectivity index (χ1) is 11.5. The molecule has 0 aromatic carbocycles. The van der Waals surface area contributed by atoms with E-state index >= 15 is 0 Å². The number of piperazine rings is 1. The number of aryl methyl sites for hydroxylation is 1. The van der Waals surface area contributed by atoms with Gasteiger partial charge in [0.25, 0.3) is 0 Å². The molecule has 1 saturated heterocycles. The van der Waals surface area contributed by atoms with Gasteiger partial charge in [0.15, 0.2) is 0 Å². The number of hydrogen-bond acceptors (Lipinski definition) is 5. The van der Waals surface area contributed by atoms with E-state index in [0.29, 0.717) is 12.3 Å². The molecule has 2 heterocycles. The Morgan fingerprint density at radius 1 is 1.33 bits per heavy atom. The van der Waals surface area contributed by atoms with Gasteiger partial charge in [-0.2, -0.15) is 5.10 Å². The van der Waals surface area contributed by atoms with E-state index in [0.717, 1.165) is 51.1 Å². The van der Waals surface area contributed by atoms with Crippen molar-refractivity contribution in [2.24, 2.45) is 13.0 Å². The van der Waals surface area contributed by atoms with Gasteiger partial charge in [-0.15, -0.1) is 0 Å². The summed E-state index contributed by atoms with van der Waals surface area (Å²) in [7, 11) is 4.01. The van der Waals surface area contributed by atoms with E-state index in [1.165, 1.54) is 0 Å². The quantitative estimate of drug-likeness (QED) is 0.765. The van der Waals surface area contributed by atoms with Gasteiger partial charge in [-0.05, 0) is 25.8 Å². The molecule has 2 N–H and O–H groups in total. The number of likely N-dealkylation sites (N-methyl/N-ethyl adjacent to an activating group) is 1. The summed E-state index contributed by atoms with van der Waals surface area (Å²) in [5.74, 6) is 0.390. The number of hydrogen-bond donors (Lipinski definition) is 2. The average molecular weight is 335 g/mol. The summed E-state index contributed by atoms with van der Waals surface area (Å²) in [6.45, 7) is 5.02.